The van der Waals surface area contributed by atoms with Crippen molar-refractivity contribution in [2.75, 3.05) is 0 Å². The first kappa shape index (κ1) is 26.3. The van der Waals surface area contributed by atoms with Crippen molar-refractivity contribution in [2.24, 2.45) is 5.10 Å². The second-order valence-corrected chi connectivity index (χ2v) is 10.0. The van der Waals surface area contributed by atoms with Crippen LogP contribution in [0.1, 0.15) is 31.4 Å². The molecule has 0 saturated heterocycles. The molecule has 0 unspecified atom stereocenters. The summed E-state index contributed by atoms with van der Waals surface area (Å²) in [4.78, 5) is 38.8. The number of hydrogen-bond acceptors (Lipinski definition) is 7. The molecule has 4 aromatic rings. The topological polar surface area (TPSA) is 110 Å². The highest BCUT2D eigenvalue weighted by atomic mass is 79.9. The van der Waals surface area contributed by atoms with Crippen molar-refractivity contribution in [3.63, 3.8) is 0 Å². The summed E-state index contributed by atoms with van der Waals surface area (Å²) >= 11 is 8.17. The monoisotopic (exact) mass is 641 g/mol. The van der Waals surface area contributed by atoms with Crippen molar-refractivity contribution >= 4 is 73.3 Å². The molecule has 2 N–H and O–H groups in total. The molecule has 0 bridgehead atoms. The molecule has 0 spiro atoms. The van der Waals surface area contributed by atoms with Crippen molar-refractivity contribution < 1.29 is 23.5 Å². The lowest BCUT2D eigenvalue weighted by Crippen LogP contribution is -2.32. The van der Waals surface area contributed by atoms with Gasteiger partial charge in [0.25, 0.3) is 11.8 Å². The van der Waals surface area contributed by atoms with Crippen LogP contribution in [-0.2, 0) is 4.79 Å². The van der Waals surface area contributed by atoms with Gasteiger partial charge >= 0.3 is 5.97 Å². The minimum atomic E-state index is -0.698. The maximum Gasteiger partial charge on any atom is 0.379 e. The third-order valence-corrected chi connectivity index (χ3v) is 6.55. The van der Waals surface area contributed by atoms with E-state index in [1.54, 1.807) is 54.6 Å². The molecule has 2 amide bonds. The highest BCUT2D eigenvalue weighted by Crippen LogP contribution is 2.32. The van der Waals surface area contributed by atoms with E-state index in [4.69, 9.17) is 9.15 Å². The Morgan fingerprint density at radius 1 is 1.00 bits per heavy atom. The van der Waals surface area contributed by atoms with Gasteiger partial charge in [-0.05, 0) is 69.9 Å². The fourth-order valence-electron chi connectivity index (χ4n) is 3.00. The third-order valence-electron chi connectivity index (χ3n) is 4.68. The number of rotatable bonds is 8. The number of ether oxygens (including phenoxy) is 1. The first-order valence-corrected chi connectivity index (χ1v) is 13.1. The molecule has 2 aromatic heterocycles. The number of carbonyl (C=O) groups excluding carboxylic acids is 3. The zero-order valence-corrected chi connectivity index (χ0v) is 22.8. The number of halogens is 2. The predicted molar refractivity (Wildman–Crippen MR) is 147 cm³/mol. The molecule has 2 aromatic carbocycles. The number of furan rings is 1. The Morgan fingerprint density at radius 2 is 1.81 bits per heavy atom. The summed E-state index contributed by atoms with van der Waals surface area (Å²) in [6, 6.07) is 18.6. The zero-order valence-electron chi connectivity index (χ0n) is 18.8. The van der Waals surface area contributed by atoms with Crippen LogP contribution in [0.2, 0.25) is 0 Å². The fraction of sp³-hybridized carbons (Fsp3) is 0. The van der Waals surface area contributed by atoms with Gasteiger partial charge in [-0.15, -0.1) is 11.3 Å². The molecule has 0 aliphatic heterocycles. The van der Waals surface area contributed by atoms with E-state index < -0.39 is 17.8 Å². The van der Waals surface area contributed by atoms with E-state index in [1.165, 1.54) is 29.9 Å². The number of hydrogen-bond donors (Lipinski definition) is 2. The van der Waals surface area contributed by atoms with E-state index in [2.05, 4.69) is 47.7 Å². The minimum Gasteiger partial charge on any atom is -0.457 e. The number of amides is 2. The lowest BCUT2D eigenvalue weighted by molar-refractivity contribution is -0.117. The molecule has 0 fully saturated rings. The molecule has 186 valence electrons. The second-order valence-electron chi connectivity index (χ2n) is 7.27. The first-order valence-electron chi connectivity index (χ1n) is 10.6. The summed E-state index contributed by atoms with van der Waals surface area (Å²) in [5.41, 5.74) is 3.21. The van der Waals surface area contributed by atoms with Crippen LogP contribution in [0.25, 0.3) is 6.08 Å². The Hall–Kier alpha value is -3.80. The van der Waals surface area contributed by atoms with Gasteiger partial charge < -0.3 is 14.5 Å². The Bertz CT molecular complexity index is 1470. The maximum atomic E-state index is 13.0. The van der Waals surface area contributed by atoms with E-state index in [0.29, 0.717) is 20.1 Å². The highest BCUT2D eigenvalue weighted by molar-refractivity contribution is 9.11. The number of thiophene rings is 1. The molecule has 0 aliphatic rings. The van der Waals surface area contributed by atoms with Crippen LogP contribution in [-0.4, -0.2) is 24.0 Å². The van der Waals surface area contributed by atoms with Gasteiger partial charge in [-0.2, -0.15) is 5.10 Å². The summed E-state index contributed by atoms with van der Waals surface area (Å²) in [7, 11) is 0. The standard InChI is InChI=1S/C26H17Br2N3O5S/c27-18-12-17(23(20(28)13-18)36-26(34)22-9-4-10-35-22)15-29-31-25(33)21(14-19-8-5-11-37-19)30-24(32)16-6-2-1-3-7-16/h1-15H,(H,30,32)(H,31,33)/b21-14+,29-15+. The van der Waals surface area contributed by atoms with Gasteiger partial charge in [-0.1, -0.05) is 40.2 Å². The number of nitrogens with zero attached hydrogens (tertiary/aromatic N) is 1. The van der Waals surface area contributed by atoms with Crippen molar-refractivity contribution in [3.8, 4) is 5.75 Å². The molecular weight excluding hydrogens is 626 g/mol. The largest absolute Gasteiger partial charge is 0.457 e. The van der Waals surface area contributed by atoms with Gasteiger partial charge in [0.2, 0.25) is 5.76 Å². The molecular formula is C26H17Br2N3O5S. The second kappa shape index (κ2) is 12.4. The molecule has 37 heavy (non-hydrogen) atoms. The summed E-state index contributed by atoms with van der Waals surface area (Å²) in [6.07, 6.45) is 4.24. The Labute approximate surface area is 232 Å². The first-order chi connectivity index (χ1) is 17.9. The maximum absolute atomic E-state index is 13.0. The normalized spacial score (nSPS) is 11.4. The predicted octanol–water partition coefficient (Wildman–Crippen LogP) is 6.01. The number of esters is 1. The van der Waals surface area contributed by atoms with E-state index in [1.807, 2.05) is 17.5 Å². The van der Waals surface area contributed by atoms with Crippen molar-refractivity contribution in [2.45, 2.75) is 0 Å². The molecule has 8 nitrogen and oxygen atoms in total. The Balaban J connectivity index is 1.53. The Morgan fingerprint density at radius 3 is 2.51 bits per heavy atom. The van der Waals surface area contributed by atoms with Gasteiger partial charge in [0.05, 0.1) is 17.0 Å². The lowest BCUT2D eigenvalue weighted by Gasteiger charge is -2.10. The highest BCUT2D eigenvalue weighted by Gasteiger charge is 2.18. The molecule has 2 heterocycles. The van der Waals surface area contributed by atoms with Crippen molar-refractivity contribution in [1.82, 2.24) is 10.7 Å². The molecule has 4 rings (SSSR count). The molecule has 0 atom stereocenters. The van der Waals surface area contributed by atoms with Crippen LogP contribution in [0.5, 0.6) is 5.75 Å². The van der Waals surface area contributed by atoms with Gasteiger partial charge in [0.1, 0.15) is 5.70 Å². The number of nitrogens with one attached hydrogen (secondary N) is 2. The zero-order chi connectivity index (χ0) is 26.2. The quantitative estimate of drug-likeness (QED) is 0.0805. The summed E-state index contributed by atoms with van der Waals surface area (Å²) in [5, 5.41) is 8.51. The summed E-state index contributed by atoms with van der Waals surface area (Å²) in [6.45, 7) is 0. The molecule has 11 heteroatoms. The van der Waals surface area contributed by atoms with E-state index in [9.17, 15) is 14.4 Å². The van der Waals surface area contributed by atoms with Crippen LogP contribution in [0.15, 0.2) is 103 Å². The minimum absolute atomic E-state index is 0.00773. The molecule has 0 saturated carbocycles. The smallest absolute Gasteiger partial charge is 0.379 e. The number of carbonyl (C=O) groups is 3. The van der Waals surface area contributed by atoms with Gasteiger partial charge in [-0.25, -0.2) is 10.2 Å². The van der Waals surface area contributed by atoms with Crippen LogP contribution in [0, 0.1) is 0 Å². The molecule has 0 radical (unpaired) electrons. The van der Waals surface area contributed by atoms with Crippen LogP contribution in [0.3, 0.4) is 0 Å². The fourth-order valence-corrected chi connectivity index (χ4v) is 5.00. The average Bonchev–Trinajstić information content (AvgIpc) is 3.61. The van der Waals surface area contributed by atoms with E-state index >= 15 is 0 Å². The van der Waals surface area contributed by atoms with Crippen LogP contribution >= 0.6 is 43.2 Å². The lowest BCUT2D eigenvalue weighted by atomic mass is 10.2. The average molecular weight is 643 g/mol. The van der Waals surface area contributed by atoms with Gasteiger partial charge in [-0.3, -0.25) is 9.59 Å². The number of benzene rings is 2. The third kappa shape index (κ3) is 7.13. The SMILES string of the molecule is O=C(N/N=C/c1cc(Br)cc(Br)c1OC(=O)c1ccco1)/C(=C\c1cccs1)NC(=O)c1ccccc1. The van der Waals surface area contributed by atoms with Crippen molar-refractivity contribution in [3.05, 3.63) is 115 Å². The van der Waals surface area contributed by atoms with Gasteiger partial charge in [0.15, 0.2) is 5.75 Å². The van der Waals surface area contributed by atoms with E-state index in [-0.39, 0.29) is 17.2 Å². The van der Waals surface area contributed by atoms with Crippen LogP contribution in [0.4, 0.5) is 0 Å². The number of hydrazone groups is 1. The van der Waals surface area contributed by atoms with E-state index in [0.717, 1.165) is 4.88 Å². The summed E-state index contributed by atoms with van der Waals surface area (Å²) < 4.78 is 11.7. The van der Waals surface area contributed by atoms with Crippen molar-refractivity contribution in [1.29, 1.82) is 0 Å². The Kier molecular flexibility index (Phi) is 8.83. The summed E-state index contributed by atoms with van der Waals surface area (Å²) in [5.74, 6) is -1.57. The van der Waals surface area contributed by atoms with Gasteiger partial charge in [0, 0.05) is 20.5 Å². The molecule has 0 aliphatic carbocycles. The van der Waals surface area contributed by atoms with Crippen LogP contribution < -0.4 is 15.5 Å².